The van der Waals surface area contributed by atoms with Gasteiger partial charge in [0.15, 0.2) is 0 Å². The number of carbonyl (C=O) groups excluding carboxylic acids is 1. The lowest BCUT2D eigenvalue weighted by atomic mass is 10.1. The zero-order chi connectivity index (χ0) is 26.0. The van der Waals surface area contributed by atoms with E-state index in [1.54, 1.807) is 4.90 Å². The summed E-state index contributed by atoms with van der Waals surface area (Å²) in [6, 6.07) is 0.697. The molecule has 0 unspecified atom stereocenters. The number of amides is 1. The van der Waals surface area contributed by atoms with Gasteiger partial charge in [-0.2, -0.15) is 9.97 Å². The number of hydrogen-bond acceptors (Lipinski definition) is 9. The molecule has 5 heterocycles. The van der Waals surface area contributed by atoms with E-state index in [4.69, 9.17) is 30.8 Å². The summed E-state index contributed by atoms with van der Waals surface area (Å²) >= 11 is 0. The molecule has 1 N–H and O–H groups in total. The van der Waals surface area contributed by atoms with Gasteiger partial charge in [0.2, 0.25) is 6.54 Å². The van der Waals surface area contributed by atoms with E-state index in [9.17, 15) is 4.79 Å². The van der Waals surface area contributed by atoms with Crippen LogP contribution in [0.1, 0.15) is 44.9 Å². The van der Waals surface area contributed by atoms with E-state index in [1.807, 2.05) is 20.8 Å². The molecule has 11 heteroatoms. The van der Waals surface area contributed by atoms with Gasteiger partial charge in [0, 0.05) is 50.9 Å². The second-order valence-corrected chi connectivity index (χ2v) is 11.3. The molecule has 37 heavy (non-hydrogen) atoms. The number of anilines is 1. The van der Waals surface area contributed by atoms with Crippen molar-refractivity contribution < 1.29 is 19.0 Å². The van der Waals surface area contributed by atoms with Crippen LogP contribution in [-0.2, 0) is 22.4 Å². The van der Waals surface area contributed by atoms with Crippen LogP contribution in [0, 0.1) is 6.57 Å². The van der Waals surface area contributed by atoms with Gasteiger partial charge in [-0.1, -0.05) is 0 Å². The maximum atomic E-state index is 12.8. The van der Waals surface area contributed by atoms with Crippen molar-refractivity contribution in [2.24, 2.45) is 0 Å². The first-order valence-electron chi connectivity index (χ1n) is 13.5. The number of fused-ring (bicyclic) bond motifs is 3. The highest BCUT2D eigenvalue weighted by atomic mass is 16.6. The maximum Gasteiger partial charge on any atom is 0.410 e. The van der Waals surface area contributed by atoms with Crippen molar-refractivity contribution in [3.05, 3.63) is 22.7 Å². The largest absolute Gasteiger partial charge is 0.463 e. The average molecular weight is 514 g/mol. The molecule has 202 valence electrons. The van der Waals surface area contributed by atoms with Gasteiger partial charge in [0.05, 0.1) is 25.0 Å². The SMILES string of the molecule is [C-]#[N+]C[C@H]1CN(c2nc(OCCCN3C[C@@H]4C[C@H]3CO4)nc3c2CCNC3)CCN1C(=O)OC(C)(C)C. The number of nitrogens with zero attached hydrogens (tertiary/aromatic N) is 6. The van der Waals surface area contributed by atoms with Crippen LogP contribution in [0.25, 0.3) is 4.85 Å². The van der Waals surface area contributed by atoms with Gasteiger partial charge in [-0.3, -0.25) is 9.80 Å². The molecule has 3 saturated heterocycles. The Morgan fingerprint density at radius 1 is 1.27 bits per heavy atom. The molecule has 0 spiro atoms. The van der Waals surface area contributed by atoms with Gasteiger partial charge in [0.25, 0.3) is 0 Å². The Morgan fingerprint density at radius 2 is 2.14 bits per heavy atom. The summed E-state index contributed by atoms with van der Waals surface area (Å²) in [6.07, 6.45) is 2.95. The van der Waals surface area contributed by atoms with Gasteiger partial charge in [-0.05, 0) is 46.6 Å². The zero-order valence-electron chi connectivity index (χ0n) is 22.2. The van der Waals surface area contributed by atoms with E-state index >= 15 is 0 Å². The zero-order valence-corrected chi connectivity index (χ0v) is 22.2. The Morgan fingerprint density at radius 3 is 2.86 bits per heavy atom. The molecule has 4 aliphatic heterocycles. The number of likely N-dealkylation sites (tertiary alicyclic amines) is 1. The van der Waals surface area contributed by atoms with Gasteiger partial charge in [-0.25, -0.2) is 11.4 Å². The number of ether oxygens (including phenoxy) is 3. The number of carbonyl (C=O) groups is 1. The van der Waals surface area contributed by atoms with Gasteiger partial charge in [-0.15, -0.1) is 0 Å². The standard InChI is InChI=1S/C26H39N7O4/c1-26(2,3)37-25(34)33-10-9-32(15-19(33)13-27-4)23-21-6-7-28-14-22(21)29-24(30-23)35-11-5-8-31-16-20-12-18(31)17-36-20/h18-20,28H,5-17H2,1-3H3/t18-,19-,20-/m0/s1. The molecule has 11 nitrogen and oxygen atoms in total. The Kier molecular flexibility index (Phi) is 7.70. The normalized spacial score (nSPS) is 25.6. The third-order valence-electron chi connectivity index (χ3n) is 7.44. The lowest BCUT2D eigenvalue weighted by Gasteiger charge is -2.41. The van der Waals surface area contributed by atoms with E-state index in [0.29, 0.717) is 50.9 Å². The average Bonchev–Trinajstić information content (AvgIpc) is 3.49. The van der Waals surface area contributed by atoms with Crippen LogP contribution in [0.2, 0.25) is 0 Å². The van der Waals surface area contributed by atoms with E-state index in [2.05, 4.69) is 20.0 Å². The summed E-state index contributed by atoms with van der Waals surface area (Å²) in [6.45, 7) is 19.9. The quantitative estimate of drug-likeness (QED) is 0.432. The first kappa shape index (κ1) is 25.9. The topological polar surface area (TPSA) is 96.6 Å². The summed E-state index contributed by atoms with van der Waals surface area (Å²) in [5.74, 6) is 0.870. The van der Waals surface area contributed by atoms with Crippen molar-refractivity contribution in [2.45, 2.75) is 70.4 Å². The van der Waals surface area contributed by atoms with Crippen LogP contribution >= 0.6 is 0 Å². The van der Waals surface area contributed by atoms with Crippen LogP contribution in [0.5, 0.6) is 6.01 Å². The molecule has 0 aromatic carbocycles. The molecule has 2 bridgehead atoms. The second kappa shape index (κ2) is 11.0. The van der Waals surface area contributed by atoms with E-state index in [1.165, 1.54) is 0 Å². The van der Waals surface area contributed by atoms with E-state index < -0.39 is 5.60 Å². The molecule has 1 aromatic rings. The molecular weight excluding hydrogens is 474 g/mol. The molecule has 0 aliphatic carbocycles. The highest BCUT2D eigenvalue weighted by molar-refractivity contribution is 5.69. The number of aromatic nitrogens is 2. The monoisotopic (exact) mass is 513 g/mol. The third kappa shape index (κ3) is 6.08. The molecule has 1 aromatic heterocycles. The Labute approximate surface area is 219 Å². The fourth-order valence-corrected chi connectivity index (χ4v) is 5.70. The molecule has 4 aliphatic rings. The number of piperazine rings is 1. The molecule has 3 fully saturated rings. The fraction of sp³-hybridized carbons (Fsp3) is 0.769. The predicted octanol–water partition coefficient (Wildman–Crippen LogP) is 1.71. The summed E-state index contributed by atoms with van der Waals surface area (Å²) < 4.78 is 17.4. The number of hydrogen-bond donors (Lipinski definition) is 1. The summed E-state index contributed by atoms with van der Waals surface area (Å²) in [5, 5.41) is 3.40. The van der Waals surface area contributed by atoms with Crippen LogP contribution in [0.4, 0.5) is 10.6 Å². The minimum absolute atomic E-state index is 0.220. The summed E-state index contributed by atoms with van der Waals surface area (Å²) in [5.41, 5.74) is 1.52. The van der Waals surface area contributed by atoms with Crippen molar-refractivity contribution in [3.8, 4) is 6.01 Å². The number of rotatable bonds is 7. The summed E-state index contributed by atoms with van der Waals surface area (Å²) in [4.78, 5) is 32.4. The first-order valence-corrected chi connectivity index (χ1v) is 13.5. The molecule has 0 radical (unpaired) electrons. The summed E-state index contributed by atoms with van der Waals surface area (Å²) in [7, 11) is 0. The fourth-order valence-electron chi connectivity index (χ4n) is 5.70. The number of morpholine rings is 1. The molecule has 5 rings (SSSR count). The van der Waals surface area contributed by atoms with Crippen molar-refractivity contribution >= 4 is 11.9 Å². The van der Waals surface area contributed by atoms with Crippen LogP contribution in [0.15, 0.2) is 0 Å². The highest BCUT2D eigenvalue weighted by Crippen LogP contribution is 2.30. The van der Waals surface area contributed by atoms with Crippen molar-refractivity contribution in [1.29, 1.82) is 0 Å². The van der Waals surface area contributed by atoms with Gasteiger partial charge < -0.3 is 29.3 Å². The Bertz CT molecular complexity index is 1020. The van der Waals surface area contributed by atoms with Crippen molar-refractivity contribution in [3.63, 3.8) is 0 Å². The number of nitrogens with one attached hydrogen (secondary N) is 1. The van der Waals surface area contributed by atoms with E-state index in [0.717, 1.165) is 62.6 Å². The second-order valence-electron chi connectivity index (χ2n) is 11.3. The molecule has 1 amide bonds. The van der Waals surface area contributed by atoms with Crippen LogP contribution in [0.3, 0.4) is 0 Å². The maximum absolute atomic E-state index is 12.8. The van der Waals surface area contributed by atoms with Crippen LogP contribution < -0.4 is 15.0 Å². The minimum Gasteiger partial charge on any atom is -0.463 e. The smallest absolute Gasteiger partial charge is 0.410 e. The molecule has 0 saturated carbocycles. The predicted molar refractivity (Wildman–Crippen MR) is 138 cm³/mol. The van der Waals surface area contributed by atoms with Crippen molar-refractivity contribution in [1.82, 2.24) is 25.1 Å². The molecule has 3 atom stereocenters. The van der Waals surface area contributed by atoms with Gasteiger partial charge in [0.1, 0.15) is 17.5 Å². The van der Waals surface area contributed by atoms with E-state index in [-0.39, 0.29) is 18.7 Å². The minimum atomic E-state index is -0.579. The Balaban J connectivity index is 1.26. The third-order valence-corrected chi connectivity index (χ3v) is 7.44. The molecular formula is C26H39N7O4. The van der Waals surface area contributed by atoms with Crippen LogP contribution in [-0.4, -0.2) is 109 Å². The lowest BCUT2D eigenvalue weighted by molar-refractivity contribution is 0.0155. The van der Waals surface area contributed by atoms with Crippen molar-refractivity contribution in [2.75, 3.05) is 63.9 Å². The first-order chi connectivity index (χ1) is 17.8. The Hall–Kier alpha value is -2.68. The lowest BCUT2D eigenvalue weighted by Crippen LogP contribution is -2.57. The van der Waals surface area contributed by atoms with Gasteiger partial charge >= 0.3 is 12.1 Å². The highest BCUT2D eigenvalue weighted by Gasteiger charge is 2.39.